The molecule has 1 saturated heterocycles. The Hall–Kier alpha value is -3.88. The fourth-order valence-electron chi connectivity index (χ4n) is 4.02. The van der Waals surface area contributed by atoms with Crippen LogP contribution in [0.2, 0.25) is 5.02 Å². The van der Waals surface area contributed by atoms with Gasteiger partial charge in [0.25, 0.3) is 11.8 Å². The number of β-amino-alcohol motifs (C(OH)–C–C–N with tert-alkyl or cyclic N) is 1. The number of aromatic nitrogens is 2. The molecule has 1 aliphatic heterocycles. The van der Waals surface area contributed by atoms with Gasteiger partial charge in [-0.1, -0.05) is 41.9 Å². The van der Waals surface area contributed by atoms with E-state index in [1.54, 1.807) is 18.2 Å². The van der Waals surface area contributed by atoms with E-state index in [9.17, 15) is 15.0 Å². The number of amides is 1. The molecule has 0 radical (unpaired) electrons. The number of fused-ring (bicyclic) bond motifs is 1. The molecule has 0 saturated carbocycles. The molecule has 1 amide bonds. The highest BCUT2D eigenvalue weighted by Gasteiger charge is 2.19. The third-order valence-corrected chi connectivity index (χ3v) is 6.37. The van der Waals surface area contributed by atoms with E-state index < -0.39 is 18.3 Å². The Bertz CT molecular complexity index is 1410. The zero-order chi connectivity index (χ0) is 29.9. The van der Waals surface area contributed by atoms with Crippen LogP contribution in [0.15, 0.2) is 57.6 Å². The molecule has 1 fully saturated rings. The third-order valence-electron chi connectivity index (χ3n) is 6.13. The molecule has 4 aromatic rings. The lowest BCUT2D eigenvalue weighted by atomic mass is 10.1. The molecule has 226 valence electrons. The Kier molecular flexibility index (Phi) is 11.4. The summed E-state index contributed by atoms with van der Waals surface area (Å²) >= 11 is 5.85. The van der Waals surface area contributed by atoms with Gasteiger partial charge in [0.2, 0.25) is 0 Å². The Balaban J connectivity index is 0.000000197. The molecule has 42 heavy (non-hydrogen) atoms. The minimum atomic E-state index is -1.02. The Morgan fingerprint density at radius 3 is 2.43 bits per heavy atom. The Morgan fingerprint density at radius 1 is 1.00 bits per heavy atom. The van der Waals surface area contributed by atoms with E-state index in [1.165, 1.54) is 0 Å². The van der Waals surface area contributed by atoms with Crippen molar-refractivity contribution in [3.63, 3.8) is 0 Å². The van der Waals surface area contributed by atoms with Gasteiger partial charge < -0.3 is 43.9 Å². The zero-order valence-corrected chi connectivity index (χ0v) is 23.7. The fourth-order valence-corrected chi connectivity index (χ4v) is 4.19. The summed E-state index contributed by atoms with van der Waals surface area (Å²) in [6.07, 6.45) is -2.54. The summed E-state index contributed by atoms with van der Waals surface area (Å²) in [5, 5.41) is 28.4. The number of halogens is 1. The average molecular weight is 605 g/mol. The number of benzene rings is 2. The predicted molar refractivity (Wildman–Crippen MR) is 151 cm³/mol. The van der Waals surface area contributed by atoms with Gasteiger partial charge in [-0.15, -0.1) is 0 Å². The van der Waals surface area contributed by atoms with Crippen molar-refractivity contribution >= 4 is 28.7 Å². The molecule has 14 heteroatoms. The van der Waals surface area contributed by atoms with Gasteiger partial charge in [-0.05, 0) is 35.4 Å². The summed E-state index contributed by atoms with van der Waals surface area (Å²) in [6, 6.07) is 14.7. The average Bonchev–Trinajstić information content (AvgIpc) is 3.57. The maximum atomic E-state index is 10.4. The first-order valence-corrected chi connectivity index (χ1v) is 13.6. The summed E-state index contributed by atoms with van der Waals surface area (Å²) in [7, 11) is 0. The summed E-state index contributed by atoms with van der Waals surface area (Å²) in [5.74, 6) is 1.34. The number of nitrogens with zero attached hydrogens (tertiary/aromatic N) is 3. The molecular weight excluding hydrogens is 572 g/mol. The number of morpholine rings is 1. The predicted octanol–water partition coefficient (Wildman–Crippen LogP) is 3.04. The lowest BCUT2D eigenvalue weighted by Gasteiger charge is -2.28. The molecule has 13 nitrogen and oxygen atoms in total. The van der Waals surface area contributed by atoms with Crippen LogP contribution in [0.25, 0.3) is 22.3 Å². The third kappa shape index (κ3) is 9.06. The number of carbonyl (C=O) groups excluding carboxylic acids is 1. The lowest BCUT2D eigenvalue weighted by Crippen LogP contribution is -2.42. The summed E-state index contributed by atoms with van der Waals surface area (Å²) in [5.41, 5.74) is 7.09. The molecule has 2 atom stereocenters. The number of hydrogen-bond acceptors (Lipinski definition) is 12. The zero-order valence-electron chi connectivity index (χ0n) is 23.0. The maximum Gasteiger partial charge on any atom is 0.404 e. The molecule has 1 aliphatic rings. The van der Waals surface area contributed by atoms with Gasteiger partial charge in [0.1, 0.15) is 32.0 Å². The van der Waals surface area contributed by atoms with Crippen molar-refractivity contribution in [2.45, 2.75) is 19.1 Å². The normalized spacial score (nSPS) is 15.0. The summed E-state index contributed by atoms with van der Waals surface area (Å²) in [4.78, 5) is 12.5. The number of nitrogens with two attached hydrogens (primary N) is 1. The minimum Gasteiger partial charge on any atom is -0.472 e. The summed E-state index contributed by atoms with van der Waals surface area (Å²) in [6.45, 7) is 5.42. The van der Waals surface area contributed by atoms with E-state index in [-0.39, 0.29) is 25.7 Å². The second-order valence-corrected chi connectivity index (χ2v) is 9.85. The number of aliphatic hydroxyl groups is 2. The molecule has 0 bridgehead atoms. The van der Waals surface area contributed by atoms with Gasteiger partial charge in [0.05, 0.1) is 24.2 Å². The van der Waals surface area contributed by atoms with Gasteiger partial charge in [-0.25, -0.2) is 4.79 Å². The van der Waals surface area contributed by atoms with E-state index in [4.69, 9.17) is 40.6 Å². The van der Waals surface area contributed by atoms with Gasteiger partial charge >= 0.3 is 6.09 Å². The molecular formula is C28H33ClN4O9. The number of ether oxygens (including phenoxy) is 4. The van der Waals surface area contributed by atoms with Crippen molar-refractivity contribution in [1.82, 2.24) is 15.2 Å². The van der Waals surface area contributed by atoms with Crippen LogP contribution in [0, 0.1) is 6.92 Å². The van der Waals surface area contributed by atoms with Crippen molar-refractivity contribution in [2.24, 2.45) is 5.73 Å². The molecule has 2 unspecified atom stereocenters. The van der Waals surface area contributed by atoms with Gasteiger partial charge in [0.15, 0.2) is 11.3 Å². The topological polar surface area (TPSA) is 176 Å². The van der Waals surface area contributed by atoms with Crippen molar-refractivity contribution in [1.29, 1.82) is 0 Å². The van der Waals surface area contributed by atoms with E-state index in [0.29, 0.717) is 34.2 Å². The van der Waals surface area contributed by atoms with Gasteiger partial charge in [-0.3, -0.25) is 4.90 Å². The highest BCUT2D eigenvalue weighted by atomic mass is 35.5. The quantitative estimate of drug-likeness (QED) is 0.228. The monoisotopic (exact) mass is 604 g/mol. The molecule has 2 aromatic heterocycles. The van der Waals surface area contributed by atoms with Crippen molar-refractivity contribution in [3.05, 3.63) is 59.1 Å². The smallest absolute Gasteiger partial charge is 0.404 e. The number of rotatable bonds is 11. The standard InChI is InChI=1S/C17H22N2O4.C11H11ClN2O5/c1-13-16(14-5-3-2-4-6-14)23-18-17(13)22-12-15(20)11-19-7-9-21-10-8-19;12-6-1-2-9-8(3-6)10(14-19-9)17-4-7(15)5-18-11(13)16/h2-6,15,20H,7-12H2,1H3;1-3,7,15H,4-5H2,(H2,13,16). The van der Waals surface area contributed by atoms with E-state index >= 15 is 0 Å². The lowest BCUT2D eigenvalue weighted by molar-refractivity contribution is 0.00390. The van der Waals surface area contributed by atoms with Crippen LogP contribution in [0.3, 0.4) is 0 Å². The first kappa shape index (κ1) is 31.1. The molecule has 2 aromatic carbocycles. The largest absolute Gasteiger partial charge is 0.472 e. The molecule has 0 spiro atoms. The highest BCUT2D eigenvalue weighted by Crippen LogP contribution is 2.30. The second-order valence-electron chi connectivity index (χ2n) is 9.41. The van der Waals surface area contributed by atoms with Crippen molar-refractivity contribution in [2.75, 3.05) is 52.7 Å². The van der Waals surface area contributed by atoms with Crippen LogP contribution < -0.4 is 15.2 Å². The first-order valence-electron chi connectivity index (χ1n) is 13.2. The second kappa shape index (κ2) is 15.4. The number of primary amides is 1. The number of aliphatic hydroxyl groups excluding tert-OH is 2. The van der Waals surface area contributed by atoms with E-state index in [2.05, 4.69) is 20.0 Å². The van der Waals surface area contributed by atoms with Crippen LogP contribution in [-0.4, -0.2) is 96.4 Å². The molecule has 5 rings (SSSR count). The Labute approximate surface area is 246 Å². The van der Waals surface area contributed by atoms with Crippen LogP contribution in [0.1, 0.15) is 5.56 Å². The number of hydrogen-bond donors (Lipinski definition) is 3. The van der Waals surface area contributed by atoms with Gasteiger partial charge in [-0.2, -0.15) is 0 Å². The van der Waals surface area contributed by atoms with E-state index in [0.717, 1.165) is 37.4 Å². The van der Waals surface area contributed by atoms with Gasteiger partial charge in [0, 0.05) is 30.2 Å². The number of carbonyl (C=O) groups is 1. The summed E-state index contributed by atoms with van der Waals surface area (Å²) < 4.78 is 31.0. The highest BCUT2D eigenvalue weighted by molar-refractivity contribution is 6.31. The van der Waals surface area contributed by atoms with Crippen LogP contribution in [0.5, 0.6) is 11.8 Å². The van der Waals surface area contributed by atoms with Crippen molar-refractivity contribution in [3.8, 4) is 23.1 Å². The maximum absolute atomic E-state index is 10.4. The molecule has 0 aliphatic carbocycles. The van der Waals surface area contributed by atoms with Crippen LogP contribution in [0.4, 0.5) is 4.79 Å². The molecule has 3 heterocycles. The Morgan fingerprint density at radius 2 is 1.69 bits per heavy atom. The first-order chi connectivity index (χ1) is 20.3. The van der Waals surface area contributed by atoms with Crippen LogP contribution in [-0.2, 0) is 9.47 Å². The fraction of sp³-hybridized carbons (Fsp3) is 0.393. The SMILES string of the molecule is Cc1c(OCC(O)CN2CCOCC2)noc1-c1ccccc1.NC(=O)OCC(O)COc1noc2ccc(Cl)cc12. The van der Waals surface area contributed by atoms with E-state index in [1.807, 2.05) is 37.3 Å². The minimum absolute atomic E-state index is 0.124. The van der Waals surface area contributed by atoms with Crippen molar-refractivity contribution < 1.29 is 43.0 Å². The molecule has 4 N–H and O–H groups in total. The van der Waals surface area contributed by atoms with Crippen LogP contribution >= 0.6 is 11.6 Å².